The second kappa shape index (κ2) is 7.37. The summed E-state index contributed by atoms with van der Waals surface area (Å²) in [7, 11) is 1.93. The number of imidazole rings is 1. The molecular formula is C14H20N6O. The van der Waals surface area contributed by atoms with Crippen LogP contribution in [0.15, 0.2) is 24.8 Å². The highest BCUT2D eigenvalue weighted by molar-refractivity contribution is 5.92. The van der Waals surface area contributed by atoms with Crippen molar-refractivity contribution < 1.29 is 4.79 Å². The van der Waals surface area contributed by atoms with Gasteiger partial charge in [-0.1, -0.05) is 6.92 Å². The first-order chi connectivity index (χ1) is 10.2. The number of hydrogen-bond acceptors (Lipinski definition) is 5. The fraction of sp³-hybridized carbons (Fsp3) is 0.429. The summed E-state index contributed by atoms with van der Waals surface area (Å²) in [4.78, 5) is 24.5. The number of rotatable bonds is 7. The monoisotopic (exact) mass is 288 g/mol. The van der Waals surface area contributed by atoms with Crippen LogP contribution in [0.5, 0.6) is 0 Å². The molecule has 0 aliphatic rings. The molecule has 2 heterocycles. The third kappa shape index (κ3) is 4.27. The summed E-state index contributed by atoms with van der Waals surface area (Å²) < 4.78 is 1.93. The van der Waals surface area contributed by atoms with Crippen LogP contribution in [0.25, 0.3) is 0 Å². The minimum atomic E-state index is -0.225. The van der Waals surface area contributed by atoms with Crippen molar-refractivity contribution >= 4 is 11.7 Å². The first-order valence-electron chi connectivity index (χ1n) is 7.01. The van der Waals surface area contributed by atoms with Gasteiger partial charge in [0.1, 0.15) is 17.3 Å². The lowest BCUT2D eigenvalue weighted by Crippen LogP contribution is -2.27. The first kappa shape index (κ1) is 15.0. The van der Waals surface area contributed by atoms with Crippen molar-refractivity contribution in [2.24, 2.45) is 7.05 Å². The maximum atomic E-state index is 12.0. The van der Waals surface area contributed by atoms with E-state index < -0.39 is 0 Å². The molecule has 0 atom stereocenters. The zero-order valence-electron chi connectivity index (χ0n) is 12.3. The molecule has 0 spiro atoms. The van der Waals surface area contributed by atoms with Crippen molar-refractivity contribution in [1.82, 2.24) is 24.8 Å². The maximum absolute atomic E-state index is 12.0. The van der Waals surface area contributed by atoms with E-state index in [4.69, 9.17) is 0 Å². The largest absolute Gasteiger partial charge is 0.369 e. The zero-order valence-corrected chi connectivity index (χ0v) is 12.3. The van der Waals surface area contributed by atoms with Gasteiger partial charge < -0.3 is 15.2 Å². The Kier molecular flexibility index (Phi) is 5.25. The molecule has 0 fully saturated rings. The van der Waals surface area contributed by atoms with Crippen molar-refractivity contribution in [2.45, 2.75) is 19.8 Å². The molecule has 0 unspecified atom stereocenters. The summed E-state index contributed by atoms with van der Waals surface area (Å²) in [5.41, 5.74) is 0.316. The molecular weight excluding hydrogens is 268 g/mol. The molecule has 0 aliphatic carbocycles. The summed E-state index contributed by atoms with van der Waals surface area (Å²) in [5, 5.41) is 5.93. The van der Waals surface area contributed by atoms with Crippen LogP contribution in [0, 0.1) is 0 Å². The number of hydrogen-bond donors (Lipinski definition) is 2. The number of carbonyl (C=O) groups is 1. The van der Waals surface area contributed by atoms with Gasteiger partial charge in [-0.05, 0) is 6.42 Å². The predicted octanol–water partition coefficient (Wildman–Crippen LogP) is 1.00. The van der Waals surface area contributed by atoms with E-state index in [0.29, 0.717) is 24.5 Å². The van der Waals surface area contributed by atoms with Crippen molar-refractivity contribution in [3.63, 3.8) is 0 Å². The molecule has 21 heavy (non-hydrogen) atoms. The van der Waals surface area contributed by atoms with Gasteiger partial charge >= 0.3 is 0 Å². The van der Waals surface area contributed by atoms with Crippen LogP contribution >= 0.6 is 0 Å². The molecule has 0 bridgehead atoms. The van der Waals surface area contributed by atoms with Crippen LogP contribution in [0.4, 0.5) is 5.82 Å². The SMILES string of the molecule is CCCNc1cncc(C(=O)NCCc2nccn2C)n1. The van der Waals surface area contributed by atoms with Crippen LogP contribution < -0.4 is 10.6 Å². The van der Waals surface area contributed by atoms with Gasteiger partial charge in [0.2, 0.25) is 0 Å². The third-order valence-corrected chi connectivity index (χ3v) is 2.98. The smallest absolute Gasteiger partial charge is 0.271 e. The normalized spacial score (nSPS) is 10.4. The molecule has 0 aromatic carbocycles. The van der Waals surface area contributed by atoms with E-state index in [1.54, 1.807) is 12.4 Å². The predicted molar refractivity (Wildman–Crippen MR) is 80.1 cm³/mol. The van der Waals surface area contributed by atoms with Gasteiger partial charge in [0.05, 0.1) is 12.4 Å². The third-order valence-electron chi connectivity index (χ3n) is 2.98. The summed E-state index contributed by atoms with van der Waals surface area (Å²) >= 11 is 0. The Morgan fingerprint density at radius 3 is 2.90 bits per heavy atom. The summed E-state index contributed by atoms with van der Waals surface area (Å²) in [6.45, 7) is 3.38. The van der Waals surface area contributed by atoms with Gasteiger partial charge in [-0.3, -0.25) is 9.78 Å². The molecule has 0 saturated heterocycles. The minimum absolute atomic E-state index is 0.225. The molecule has 0 aliphatic heterocycles. The van der Waals surface area contributed by atoms with Gasteiger partial charge in [0.25, 0.3) is 5.91 Å². The van der Waals surface area contributed by atoms with Crippen LogP contribution in [0.3, 0.4) is 0 Å². The molecule has 0 radical (unpaired) electrons. The van der Waals surface area contributed by atoms with E-state index in [0.717, 1.165) is 18.8 Å². The molecule has 112 valence electrons. The summed E-state index contributed by atoms with van der Waals surface area (Å²) in [5.74, 6) is 1.32. The number of aromatic nitrogens is 4. The van der Waals surface area contributed by atoms with Gasteiger partial charge in [0, 0.05) is 39.0 Å². The van der Waals surface area contributed by atoms with E-state index in [-0.39, 0.29) is 5.91 Å². The molecule has 2 aromatic rings. The Balaban J connectivity index is 1.86. The van der Waals surface area contributed by atoms with Crippen LogP contribution in [-0.4, -0.2) is 38.5 Å². The van der Waals surface area contributed by atoms with Crippen LogP contribution in [0.2, 0.25) is 0 Å². The topological polar surface area (TPSA) is 84.7 Å². The van der Waals surface area contributed by atoms with Crippen molar-refractivity contribution in [3.8, 4) is 0 Å². The molecule has 0 saturated carbocycles. The summed E-state index contributed by atoms with van der Waals surface area (Å²) in [6, 6.07) is 0. The van der Waals surface area contributed by atoms with Crippen LogP contribution in [-0.2, 0) is 13.5 Å². The van der Waals surface area contributed by atoms with Crippen molar-refractivity contribution in [1.29, 1.82) is 0 Å². The second-order valence-electron chi connectivity index (χ2n) is 4.68. The molecule has 1 amide bonds. The maximum Gasteiger partial charge on any atom is 0.271 e. The number of nitrogens with one attached hydrogen (secondary N) is 2. The lowest BCUT2D eigenvalue weighted by atomic mass is 10.3. The standard InChI is InChI=1S/C14H20N6O/c1-3-5-16-12-10-15-9-11(19-12)14(21)18-6-4-13-17-7-8-20(13)2/h7-10H,3-6H2,1-2H3,(H,16,19)(H,18,21). The van der Waals surface area contributed by atoms with E-state index >= 15 is 0 Å². The highest BCUT2D eigenvalue weighted by atomic mass is 16.1. The highest BCUT2D eigenvalue weighted by Crippen LogP contribution is 2.02. The van der Waals surface area contributed by atoms with E-state index in [2.05, 4.69) is 32.5 Å². The van der Waals surface area contributed by atoms with Gasteiger partial charge in [-0.15, -0.1) is 0 Å². The number of carbonyl (C=O) groups excluding carboxylic acids is 1. The van der Waals surface area contributed by atoms with Crippen molar-refractivity contribution in [2.75, 3.05) is 18.4 Å². The molecule has 2 rings (SSSR count). The van der Waals surface area contributed by atoms with E-state index in [1.165, 1.54) is 6.20 Å². The molecule has 7 heteroatoms. The fourth-order valence-corrected chi connectivity index (χ4v) is 1.83. The van der Waals surface area contributed by atoms with E-state index in [1.807, 2.05) is 17.8 Å². The summed E-state index contributed by atoms with van der Waals surface area (Å²) in [6.07, 6.45) is 8.36. The molecule has 2 N–H and O–H groups in total. The Morgan fingerprint density at radius 1 is 1.33 bits per heavy atom. The Morgan fingerprint density at radius 2 is 2.19 bits per heavy atom. The Labute approximate surface area is 123 Å². The number of amides is 1. The van der Waals surface area contributed by atoms with Gasteiger partial charge in [0.15, 0.2) is 0 Å². The van der Waals surface area contributed by atoms with Gasteiger partial charge in [-0.25, -0.2) is 9.97 Å². The Hall–Kier alpha value is -2.44. The average molecular weight is 288 g/mol. The lowest BCUT2D eigenvalue weighted by molar-refractivity contribution is 0.0948. The second-order valence-corrected chi connectivity index (χ2v) is 4.68. The first-order valence-corrected chi connectivity index (χ1v) is 7.01. The van der Waals surface area contributed by atoms with E-state index in [9.17, 15) is 4.79 Å². The average Bonchev–Trinajstić information content (AvgIpc) is 2.91. The van der Waals surface area contributed by atoms with Gasteiger partial charge in [-0.2, -0.15) is 0 Å². The van der Waals surface area contributed by atoms with Crippen LogP contribution in [0.1, 0.15) is 29.7 Å². The number of aryl methyl sites for hydroxylation is 1. The molecule has 2 aromatic heterocycles. The lowest BCUT2D eigenvalue weighted by Gasteiger charge is -2.07. The zero-order chi connectivity index (χ0) is 15.1. The number of nitrogens with zero attached hydrogens (tertiary/aromatic N) is 4. The number of anilines is 1. The Bertz CT molecular complexity index is 595. The highest BCUT2D eigenvalue weighted by Gasteiger charge is 2.09. The quantitative estimate of drug-likeness (QED) is 0.794. The molecule has 7 nitrogen and oxygen atoms in total. The fourth-order valence-electron chi connectivity index (χ4n) is 1.83. The minimum Gasteiger partial charge on any atom is -0.369 e. The van der Waals surface area contributed by atoms with Crippen molar-refractivity contribution in [3.05, 3.63) is 36.3 Å².